The second kappa shape index (κ2) is 6.72. The van der Waals surface area contributed by atoms with Gasteiger partial charge in [-0.2, -0.15) is 0 Å². The molecule has 0 bridgehead atoms. The van der Waals surface area contributed by atoms with Gasteiger partial charge in [0.1, 0.15) is 0 Å². The molecule has 1 aromatic rings. The van der Waals surface area contributed by atoms with Crippen molar-refractivity contribution in [2.24, 2.45) is 0 Å². The van der Waals surface area contributed by atoms with E-state index in [1.54, 1.807) is 12.1 Å². The largest absolute Gasteiger partial charge is 1.00 e. The van der Waals surface area contributed by atoms with E-state index in [1.807, 2.05) is 12.1 Å². The molecule has 0 N–H and O–H groups in total. The minimum atomic E-state index is -1.08. The zero-order valence-electron chi connectivity index (χ0n) is 13.1. The minimum Gasteiger partial charge on any atom is -0.545 e. The van der Waals surface area contributed by atoms with Gasteiger partial charge in [0, 0.05) is 5.56 Å². The molecule has 0 aromatic heterocycles. The number of hydrogen-bond donors (Lipinski definition) is 0. The summed E-state index contributed by atoms with van der Waals surface area (Å²) in [4.78, 5) is 11.3. The number of carboxylic acid groups (broad SMARTS) is 1. The molecule has 19 heavy (non-hydrogen) atoms. The zero-order chi connectivity index (χ0) is 14.1. The van der Waals surface area contributed by atoms with Crippen LogP contribution in [0.25, 0.3) is 0 Å². The molecule has 4 heteroatoms. The Bertz CT molecular complexity index is 430. The smallest absolute Gasteiger partial charge is 0.545 e. The quantitative estimate of drug-likeness (QED) is 0.556. The second-order valence-corrected chi connectivity index (χ2v) is 10.3. The Morgan fingerprint density at radius 1 is 1.00 bits per heavy atom. The molecule has 1 rings (SSSR count). The van der Waals surface area contributed by atoms with Gasteiger partial charge < -0.3 is 9.90 Å². The molecule has 0 aliphatic carbocycles. The summed E-state index contributed by atoms with van der Waals surface area (Å²) in [7, 11) is -0.612. The molecule has 0 aliphatic heterocycles. The van der Waals surface area contributed by atoms with Crippen LogP contribution in [-0.4, -0.2) is 16.3 Å². The van der Waals surface area contributed by atoms with Crippen LogP contribution < -0.4 is 40.0 Å². The van der Waals surface area contributed by atoms with Crippen LogP contribution in [0.4, 0.5) is 0 Å². The van der Waals surface area contributed by atoms with E-state index in [1.165, 1.54) is 0 Å². The Morgan fingerprint density at radius 2 is 1.42 bits per heavy atom. The van der Waals surface area contributed by atoms with E-state index in [4.69, 9.17) is 0 Å². The molecule has 0 radical (unpaired) electrons. The van der Waals surface area contributed by atoms with Crippen molar-refractivity contribution in [2.45, 2.75) is 51.9 Å². The van der Waals surface area contributed by atoms with Crippen molar-refractivity contribution in [1.29, 1.82) is 0 Å². The summed E-state index contributed by atoms with van der Waals surface area (Å²) >= 11 is 0. The number of carbonyl (C=O) groups excluding carboxylic acids is 1. The molecule has 0 spiro atoms. The number of aromatic carboxylic acids is 1. The molecular weight excluding hydrogens is 266 g/mol. The van der Waals surface area contributed by atoms with Gasteiger partial charge in [-0.3, -0.25) is 0 Å². The Balaban J connectivity index is 0.00000324. The van der Waals surface area contributed by atoms with Crippen LogP contribution in [0, 0.1) is 0 Å². The summed E-state index contributed by atoms with van der Waals surface area (Å²) < 4.78 is 0. The van der Waals surface area contributed by atoms with Gasteiger partial charge in [0.2, 0.25) is 0 Å². The molecule has 0 heterocycles. The fourth-order valence-corrected chi connectivity index (χ4v) is 6.67. The van der Waals surface area contributed by atoms with Crippen molar-refractivity contribution in [3.63, 3.8) is 0 Å². The molecule has 0 saturated carbocycles. The van der Waals surface area contributed by atoms with Crippen molar-refractivity contribution in [3.05, 3.63) is 29.8 Å². The van der Waals surface area contributed by atoms with Gasteiger partial charge >= 0.3 is 29.6 Å². The topological polar surface area (TPSA) is 40.1 Å². The van der Waals surface area contributed by atoms with Crippen molar-refractivity contribution in [2.75, 3.05) is 0 Å². The third-order valence-electron chi connectivity index (χ3n) is 2.71. The summed E-state index contributed by atoms with van der Waals surface area (Å²) in [6.07, 6.45) is 0. The maximum absolute atomic E-state index is 11.3. The van der Waals surface area contributed by atoms with Crippen LogP contribution in [0.1, 0.15) is 51.9 Å². The van der Waals surface area contributed by atoms with Gasteiger partial charge in [0.05, 0.1) is 5.97 Å². The van der Waals surface area contributed by atoms with Gasteiger partial charge in [-0.15, -0.1) is 0 Å². The summed E-state index contributed by atoms with van der Waals surface area (Å²) in [6.45, 7) is 13.1. The number of rotatable bonds is 2. The zero-order valence-corrected chi connectivity index (χ0v) is 16.0. The first-order valence-electron chi connectivity index (χ1n) is 6.16. The monoisotopic (exact) mass is 288 g/mol. The Hall–Kier alpha value is 0.120. The molecular formula is C15H22NaO2P. The average molecular weight is 288 g/mol. The molecule has 100 valence electrons. The van der Waals surface area contributed by atoms with Crippen LogP contribution in [0.3, 0.4) is 0 Å². The fourth-order valence-electron chi connectivity index (χ4n) is 2.57. The minimum absolute atomic E-state index is 0. The SMILES string of the molecule is CC(C)(C)P(c1ccccc1C(=O)[O-])C(C)(C)C.[Na+]. The van der Waals surface area contributed by atoms with Gasteiger partial charge in [0.25, 0.3) is 0 Å². The van der Waals surface area contributed by atoms with Gasteiger partial charge in [-0.25, -0.2) is 0 Å². The van der Waals surface area contributed by atoms with E-state index in [-0.39, 0.29) is 39.9 Å². The van der Waals surface area contributed by atoms with E-state index in [2.05, 4.69) is 41.5 Å². The predicted octanol–water partition coefficient (Wildman–Crippen LogP) is -0.242. The number of hydrogen-bond acceptors (Lipinski definition) is 2. The molecule has 0 saturated heterocycles. The van der Waals surface area contributed by atoms with Crippen LogP contribution in [0.15, 0.2) is 24.3 Å². The first kappa shape index (κ1) is 19.1. The van der Waals surface area contributed by atoms with Crippen molar-refractivity contribution in [1.82, 2.24) is 0 Å². The first-order valence-corrected chi connectivity index (χ1v) is 7.50. The van der Waals surface area contributed by atoms with E-state index in [0.29, 0.717) is 5.56 Å². The number of carboxylic acids is 1. The van der Waals surface area contributed by atoms with Crippen molar-refractivity contribution < 1.29 is 39.5 Å². The van der Waals surface area contributed by atoms with Crippen LogP contribution in [-0.2, 0) is 0 Å². The molecule has 0 amide bonds. The van der Waals surface area contributed by atoms with Crippen molar-refractivity contribution in [3.8, 4) is 0 Å². The molecule has 0 unspecified atom stereocenters. The second-order valence-electron chi connectivity index (χ2n) is 6.48. The van der Waals surface area contributed by atoms with Crippen LogP contribution in [0.5, 0.6) is 0 Å². The maximum atomic E-state index is 11.3. The third-order valence-corrected chi connectivity index (χ3v) is 6.26. The van der Waals surface area contributed by atoms with E-state index >= 15 is 0 Å². The van der Waals surface area contributed by atoms with Gasteiger partial charge in [-0.05, 0) is 15.6 Å². The van der Waals surface area contributed by atoms with E-state index < -0.39 is 13.9 Å². The Morgan fingerprint density at radius 3 is 1.79 bits per heavy atom. The first-order chi connectivity index (χ1) is 8.05. The summed E-state index contributed by atoms with van der Waals surface area (Å²) in [5.41, 5.74) is 0.341. The Kier molecular flexibility index (Phi) is 6.76. The summed E-state index contributed by atoms with van der Waals surface area (Å²) in [5.74, 6) is -1.08. The van der Waals surface area contributed by atoms with Crippen LogP contribution >= 0.6 is 7.92 Å². The third kappa shape index (κ3) is 4.86. The fraction of sp³-hybridized carbons (Fsp3) is 0.533. The van der Waals surface area contributed by atoms with Gasteiger partial charge in [0.15, 0.2) is 0 Å². The molecule has 1 aromatic carbocycles. The molecule has 0 atom stereocenters. The van der Waals surface area contributed by atoms with Gasteiger partial charge in [-0.1, -0.05) is 73.7 Å². The Labute approximate surface area is 140 Å². The standard InChI is InChI=1S/C15H23O2P.Na/c1-14(2,3)18(15(4,5)6)12-10-8-7-9-11(12)13(16)17;/h7-10H,1-6H3,(H,16,17);/q;+1/p-1. The van der Waals surface area contributed by atoms with E-state index in [0.717, 1.165) is 5.30 Å². The molecule has 0 aliphatic rings. The molecule has 2 nitrogen and oxygen atoms in total. The summed E-state index contributed by atoms with van der Waals surface area (Å²) in [6, 6.07) is 7.26. The molecule has 0 fully saturated rings. The van der Waals surface area contributed by atoms with Crippen molar-refractivity contribution >= 4 is 19.2 Å². The van der Waals surface area contributed by atoms with Crippen LogP contribution in [0.2, 0.25) is 0 Å². The van der Waals surface area contributed by atoms with E-state index in [9.17, 15) is 9.90 Å². The maximum Gasteiger partial charge on any atom is 1.00 e. The number of carbonyl (C=O) groups is 1. The number of benzene rings is 1. The predicted molar refractivity (Wildman–Crippen MR) is 76.8 cm³/mol. The average Bonchev–Trinajstić information content (AvgIpc) is 2.13. The normalized spacial score (nSPS) is 12.2. The summed E-state index contributed by atoms with van der Waals surface area (Å²) in [5, 5.41) is 12.3.